The lowest BCUT2D eigenvalue weighted by atomic mass is 10.1. The van der Waals surface area contributed by atoms with Crippen LogP contribution in [-0.2, 0) is 13.1 Å². The average molecular weight is 385 g/mol. The molecule has 0 unspecified atom stereocenters. The van der Waals surface area contributed by atoms with Crippen LogP contribution >= 0.6 is 0 Å². The lowest BCUT2D eigenvalue weighted by Gasteiger charge is -2.22. The van der Waals surface area contributed by atoms with Crippen molar-refractivity contribution in [1.29, 1.82) is 0 Å². The highest BCUT2D eigenvalue weighted by molar-refractivity contribution is 6.05. The Morgan fingerprint density at radius 1 is 1.07 bits per heavy atom. The minimum atomic E-state index is -0.101. The van der Waals surface area contributed by atoms with Gasteiger partial charge in [-0.05, 0) is 43.2 Å². The van der Waals surface area contributed by atoms with Gasteiger partial charge in [0.15, 0.2) is 0 Å². The van der Waals surface area contributed by atoms with E-state index in [1.165, 1.54) is 0 Å². The molecule has 4 aromatic rings. The van der Waals surface area contributed by atoms with Gasteiger partial charge < -0.3 is 4.98 Å². The highest BCUT2D eigenvalue weighted by Gasteiger charge is 2.23. The first kappa shape index (κ1) is 18.7. The molecule has 0 fully saturated rings. The quantitative estimate of drug-likeness (QED) is 0.533. The van der Waals surface area contributed by atoms with Crippen molar-refractivity contribution in [2.75, 3.05) is 4.90 Å². The Morgan fingerprint density at radius 2 is 1.79 bits per heavy atom. The molecular weight excluding hydrogens is 362 g/mol. The summed E-state index contributed by atoms with van der Waals surface area (Å²) in [5.74, 6) is 0.626. The van der Waals surface area contributed by atoms with E-state index >= 15 is 0 Å². The predicted octanol–water partition coefficient (Wildman–Crippen LogP) is 4.45. The van der Waals surface area contributed by atoms with Crippen LogP contribution in [-0.4, -0.2) is 25.7 Å². The summed E-state index contributed by atoms with van der Waals surface area (Å²) in [6, 6.07) is 20.0. The minimum Gasteiger partial charge on any atom is -0.347 e. The highest BCUT2D eigenvalue weighted by Crippen LogP contribution is 2.25. The number of nitrogens with one attached hydrogen (secondary N) is 1. The summed E-state index contributed by atoms with van der Waals surface area (Å²) >= 11 is 0. The van der Waals surface area contributed by atoms with Gasteiger partial charge in [0.2, 0.25) is 0 Å². The van der Waals surface area contributed by atoms with Crippen LogP contribution in [0.1, 0.15) is 28.9 Å². The van der Waals surface area contributed by atoms with E-state index in [2.05, 4.69) is 27.2 Å². The highest BCUT2D eigenvalue weighted by atomic mass is 16.2. The first-order valence-electron chi connectivity index (χ1n) is 9.65. The van der Waals surface area contributed by atoms with E-state index in [1.54, 1.807) is 22.0 Å². The van der Waals surface area contributed by atoms with Crippen LogP contribution in [0.5, 0.6) is 0 Å². The molecule has 0 spiro atoms. The van der Waals surface area contributed by atoms with Crippen LogP contribution in [0.25, 0.3) is 11.1 Å². The van der Waals surface area contributed by atoms with Crippen LogP contribution in [0, 0.1) is 6.92 Å². The standard InChI is InChI=1S/C23H23N5O/c1-3-28-21(15-17(2)26-28)23(29)27(16-22-24-13-14-25-22)20-11-9-19(10-12-20)18-7-5-4-6-8-18/h4-15H,3,16H2,1-2H3,(H,24,25). The normalized spacial score (nSPS) is 10.8. The number of H-pyrrole nitrogens is 1. The molecule has 0 bridgehead atoms. The Hall–Kier alpha value is -3.67. The zero-order chi connectivity index (χ0) is 20.2. The summed E-state index contributed by atoms with van der Waals surface area (Å²) in [5.41, 5.74) is 4.46. The van der Waals surface area contributed by atoms with E-state index in [4.69, 9.17) is 0 Å². The number of aryl methyl sites for hydroxylation is 2. The van der Waals surface area contributed by atoms with Gasteiger partial charge in [-0.2, -0.15) is 5.10 Å². The van der Waals surface area contributed by atoms with E-state index in [1.807, 2.05) is 62.4 Å². The Kier molecular flexibility index (Phi) is 5.24. The zero-order valence-electron chi connectivity index (χ0n) is 16.5. The number of hydrogen-bond acceptors (Lipinski definition) is 3. The average Bonchev–Trinajstić information content (AvgIpc) is 3.41. The Morgan fingerprint density at radius 3 is 2.45 bits per heavy atom. The maximum atomic E-state index is 13.4. The summed E-state index contributed by atoms with van der Waals surface area (Å²) in [7, 11) is 0. The summed E-state index contributed by atoms with van der Waals surface area (Å²) in [4.78, 5) is 22.6. The van der Waals surface area contributed by atoms with Crippen molar-refractivity contribution in [3.05, 3.63) is 90.3 Å². The number of anilines is 1. The maximum absolute atomic E-state index is 13.4. The molecule has 0 saturated carbocycles. The molecule has 0 radical (unpaired) electrons. The molecule has 2 aromatic carbocycles. The number of carbonyl (C=O) groups excluding carboxylic acids is 1. The van der Waals surface area contributed by atoms with Gasteiger partial charge in [0.25, 0.3) is 5.91 Å². The molecule has 0 aliphatic rings. The molecular formula is C23H23N5O. The molecule has 0 saturated heterocycles. The number of amides is 1. The summed E-state index contributed by atoms with van der Waals surface area (Å²) in [6.07, 6.45) is 3.45. The van der Waals surface area contributed by atoms with Crippen molar-refractivity contribution >= 4 is 11.6 Å². The van der Waals surface area contributed by atoms with Gasteiger partial charge in [-0.15, -0.1) is 0 Å². The first-order valence-corrected chi connectivity index (χ1v) is 9.65. The molecule has 0 atom stereocenters. The van der Waals surface area contributed by atoms with Gasteiger partial charge >= 0.3 is 0 Å². The number of carbonyl (C=O) groups is 1. The van der Waals surface area contributed by atoms with Crippen molar-refractivity contribution in [3.8, 4) is 11.1 Å². The molecule has 29 heavy (non-hydrogen) atoms. The van der Waals surface area contributed by atoms with E-state index < -0.39 is 0 Å². The number of benzene rings is 2. The van der Waals surface area contributed by atoms with Crippen molar-refractivity contribution in [2.45, 2.75) is 26.9 Å². The second-order valence-corrected chi connectivity index (χ2v) is 6.83. The van der Waals surface area contributed by atoms with E-state index in [0.717, 1.165) is 28.3 Å². The van der Waals surface area contributed by atoms with Gasteiger partial charge in [-0.3, -0.25) is 14.4 Å². The third-order valence-corrected chi connectivity index (χ3v) is 4.81. The van der Waals surface area contributed by atoms with Crippen molar-refractivity contribution in [1.82, 2.24) is 19.7 Å². The van der Waals surface area contributed by atoms with Gasteiger partial charge in [0.1, 0.15) is 11.5 Å². The van der Waals surface area contributed by atoms with Crippen molar-refractivity contribution < 1.29 is 4.79 Å². The van der Waals surface area contributed by atoms with Crippen molar-refractivity contribution in [2.24, 2.45) is 0 Å². The third kappa shape index (κ3) is 3.96. The summed E-state index contributed by atoms with van der Waals surface area (Å²) in [6.45, 7) is 4.87. The number of imidazole rings is 1. The number of hydrogen-bond donors (Lipinski definition) is 1. The van der Waals surface area contributed by atoms with Crippen LogP contribution in [0.2, 0.25) is 0 Å². The van der Waals surface area contributed by atoms with E-state index in [9.17, 15) is 4.79 Å². The Bertz CT molecular complexity index is 1080. The Labute approximate surface area is 169 Å². The van der Waals surface area contributed by atoms with Crippen LogP contribution in [0.3, 0.4) is 0 Å². The zero-order valence-corrected chi connectivity index (χ0v) is 16.5. The third-order valence-electron chi connectivity index (χ3n) is 4.81. The number of aromatic nitrogens is 4. The van der Waals surface area contributed by atoms with Crippen LogP contribution in [0.15, 0.2) is 73.1 Å². The van der Waals surface area contributed by atoms with Gasteiger partial charge in [-0.25, -0.2) is 4.98 Å². The van der Waals surface area contributed by atoms with Gasteiger partial charge in [0, 0.05) is 24.6 Å². The Balaban J connectivity index is 1.69. The minimum absolute atomic E-state index is 0.101. The number of nitrogens with zero attached hydrogens (tertiary/aromatic N) is 4. The van der Waals surface area contributed by atoms with Crippen molar-refractivity contribution in [3.63, 3.8) is 0 Å². The second kappa shape index (κ2) is 8.14. The molecule has 6 nitrogen and oxygen atoms in total. The van der Waals surface area contributed by atoms with E-state index in [-0.39, 0.29) is 5.91 Å². The molecule has 146 valence electrons. The molecule has 4 rings (SSSR count). The monoisotopic (exact) mass is 385 g/mol. The van der Waals surface area contributed by atoms with Gasteiger partial charge in [0.05, 0.1) is 12.2 Å². The molecule has 1 N–H and O–H groups in total. The molecule has 1 amide bonds. The summed E-state index contributed by atoms with van der Waals surface area (Å²) < 4.78 is 1.74. The maximum Gasteiger partial charge on any atom is 0.276 e. The molecule has 2 heterocycles. The molecule has 6 heteroatoms. The molecule has 0 aliphatic heterocycles. The topological polar surface area (TPSA) is 66.8 Å². The largest absolute Gasteiger partial charge is 0.347 e. The molecule has 0 aliphatic carbocycles. The predicted molar refractivity (Wildman–Crippen MR) is 114 cm³/mol. The van der Waals surface area contributed by atoms with Crippen LogP contribution < -0.4 is 4.90 Å². The second-order valence-electron chi connectivity index (χ2n) is 6.83. The fourth-order valence-electron chi connectivity index (χ4n) is 3.38. The smallest absolute Gasteiger partial charge is 0.276 e. The fourth-order valence-corrected chi connectivity index (χ4v) is 3.38. The van der Waals surface area contributed by atoms with Crippen LogP contribution in [0.4, 0.5) is 5.69 Å². The molecule has 2 aromatic heterocycles. The van der Waals surface area contributed by atoms with Gasteiger partial charge in [-0.1, -0.05) is 42.5 Å². The van der Waals surface area contributed by atoms with E-state index in [0.29, 0.717) is 18.8 Å². The first-order chi connectivity index (χ1) is 14.2. The lowest BCUT2D eigenvalue weighted by Crippen LogP contribution is -2.32. The summed E-state index contributed by atoms with van der Waals surface area (Å²) in [5, 5.41) is 4.42. The SMILES string of the molecule is CCn1nc(C)cc1C(=O)N(Cc1ncc[nH]1)c1ccc(-c2ccccc2)cc1. The number of rotatable bonds is 6. The number of aromatic amines is 1. The lowest BCUT2D eigenvalue weighted by molar-refractivity contribution is 0.0974. The fraction of sp³-hybridized carbons (Fsp3) is 0.174.